The lowest BCUT2D eigenvalue weighted by atomic mass is 10.2. The minimum atomic E-state index is -1.89. The molecule has 7 nitrogen and oxygen atoms in total. The second kappa shape index (κ2) is 4.87. The number of nitro groups is 1. The summed E-state index contributed by atoms with van der Waals surface area (Å²) in [6, 6.07) is -1.89. The Hall–Kier alpha value is -1.44. The quantitative estimate of drug-likeness (QED) is 0.411. The molecule has 0 aliphatic carbocycles. The monoisotopic (exact) mass is 231 g/mol. The van der Waals surface area contributed by atoms with E-state index in [4.69, 9.17) is 0 Å². The number of carbonyl (C=O) groups excluding carboxylic acids is 2. The highest BCUT2D eigenvalue weighted by Gasteiger charge is 2.41. The van der Waals surface area contributed by atoms with E-state index in [9.17, 15) is 19.7 Å². The molecular formula is C7H9N3O4S. The maximum absolute atomic E-state index is 11.2. The van der Waals surface area contributed by atoms with Crippen molar-refractivity contribution in [1.82, 2.24) is 5.32 Å². The molecule has 0 spiro atoms. The largest absolute Gasteiger partial charge is 0.368 e. The summed E-state index contributed by atoms with van der Waals surface area (Å²) in [4.78, 5) is 35.1. The molecule has 2 amide bonds. The number of nitrogens with zero attached hydrogens (tertiary/aromatic N) is 2. The molecule has 8 heteroatoms. The highest BCUT2D eigenvalue weighted by atomic mass is 32.2. The van der Waals surface area contributed by atoms with Gasteiger partial charge in [0.25, 0.3) is 0 Å². The summed E-state index contributed by atoms with van der Waals surface area (Å²) in [6.45, 7) is 1.93. The van der Waals surface area contributed by atoms with E-state index in [-0.39, 0.29) is 5.17 Å². The lowest BCUT2D eigenvalue weighted by Gasteiger charge is -2.13. The Morgan fingerprint density at radius 2 is 2.27 bits per heavy atom. The van der Waals surface area contributed by atoms with Gasteiger partial charge in [-0.25, -0.2) is 0 Å². The van der Waals surface area contributed by atoms with Gasteiger partial charge in [-0.2, -0.15) is 4.99 Å². The van der Waals surface area contributed by atoms with Gasteiger partial charge in [-0.1, -0.05) is 18.7 Å². The van der Waals surface area contributed by atoms with Gasteiger partial charge in [0.2, 0.25) is 0 Å². The first-order valence-electron chi connectivity index (χ1n) is 4.26. The molecule has 1 aliphatic rings. The van der Waals surface area contributed by atoms with Gasteiger partial charge in [0, 0.05) is 10.7 Å². The molecule has 1 atom stereocenters. The average Bonchev–Trinajstić information content (AvgIpc) is 2.12. The van der Waals surface area contributed by atoms with Crippen molar-refractivity contribution in [3.05, 3.63) is 10.1 Å². The first-order valence-corrected chi connectivity index (χ1v) is 5.24. The van der Waals surface area contributed by atoms with E-state index < -0.39 is 22.8 Å². The maximum atomic E-state index is 11.2. The molecule has 1 rings (SSSR count). The smallest absolute Gasteiger partial charge is 0.299 e. The van der Waals surface area contributed by atoms with Crippen LogP contribution < -0.4 is 5.32 Å². The van der Waals surface area contributed by atoms with Crippen molar-refractivity contribution < 1.29 is 14.5 Å². The molecule has 1 aliphatic heterocycles. The number of carbonyl (C=O) groups is 2. The van der Waals surface area contributed by atoms with Crippen LogP contribution in [0.15, 0.2) is 4.99 Å². The molecule has 0 aromatic heterocycles. The molecule has 0 saturated heterocycles. The van der Waals surface area contributed by atoms with Gasteiger partial charge in [-0.15, -0.1) is 0 Å². The zero-order chi connectivity index (χ0) is 11.4. The molecule has 0 aromatic carbocycles. The first kappa shape index (κ1) is 11.6. The number of amidine groups is 1. The topological polar surface area (TPSA) is 102 Å². The Labute approximate surface area is 89.5 Å². The molecule has 1 unspecified atom stereocenters. The van der Waals surface area contributed by atoms with Gasteiger partial charge in [0.1, 0.15) is 0 Å². The van der Waals surface area contributed by atoms with E-state index in [0.717, 1.165) is 6.42 Å². The highest BCUT2D eigenvalue weighted by Crippen LogP contribution is 2.10. The molecule has 1 heterocycles. The van der Waals surface area contributed by atoms with Crippen LogP contribution in [0.5, 0.6) is 0 Å². The third-order valence-electron chi connectivity index (χ3n) is 1.58. The molecule has 1 N–H and O–H groups in total. The van der Waals surface area contributed by atoms with Crippen LogP contribution in [0.1, 0.15) is 13.3 Å². The molecule has 0 bridgehead atoms. The van der Waals surface area contributed by atoms with Gasteiger partial charge >= 0.3 is 17.9 Å². The van der Waals surface area contributed by atoms with Crippen molar-refractivity contribution in [1.29, 1.82) is 0 Å². The van der Waals surface area contributed by atoms with Crippen LogP contribution in [0, 0.1) is 10.1 Å². The van der Waals surface area contributed by atoms with Crippen molar-refractivity contribution in [2.45, 2.75) is 19.4 Å². The molecule has 0 aromatic rings. The SMILES string of the molecule is CCCSC1=NC(=O)C([N+](=O)[O-])C(=O)N1. The lowest BCUT2D eigenvalue weighted by Crippen LogP contribution is -2.50. The van der Waals surface area contributed by atoms with Crippen LogP contribution in [-0.2, 0) is 9.59 Å². The molecule has 0 saturated carbocycles. The van der Waals surface area contributed by atoms with Crippen LogP contribution in [0.25, 0.3) is 0 Å². The van der Waals surface area contributed by atoms with E-state index in [1.165, 1.54) is 11.8 Å². The summed E-state index contributed by atoms with van der Waals surface area (Å²) in [6.07, 6.45) is 0.854. The Kier molecular flexibility index (Phi) is 3.78. The second-order valence-corrected chi connectivity index (χ2v) is 3.86. The molecule has 0 fully saturated rings. The van der Waals surface area contributed by atoms with Crippen LogP contribution in [0.3, 0.4) is 0 Å². The van der Waals surface area contributed by atoms with Gasteiger partial charge in [-0.05, 0) is 6.42 Å². The first-order chi connectivity index (χ1) is 7.06. The van der Waals surface area contributed by atoms with Crippen LogP contribution in [-0.4, -0.2) is 33.7 Å². The summed E-state index contributed by atoms with van der Waals surface area (Å²) in [5.41, 5.74) is 0. The number of thioether (sulfide) groups is 1. The molecule has 0 radical (unpaired) electrons. The normalized spacial score (nSPS) is 20.9. The Bertz CT molecular complexity index is 341. The maximum Gasteiger partial charge on any atom is 0.368 e. The highest BCUT2D eigenvalue weighted by molar-refractivity contribution is 8.13. The minimum absolute atomic E-state index is 0.143. The molecule has 15 heavy (non-hydrogen) atoms. The number of rotatable bonds is 3. The van der Waals surface area contributed by atoms with Crippen molar-refractivity contribution in [3.63, 3.8) is 0 Å². The van der Waals surface area contributed by atoms with Gasteiger partial charge in [0.15, 0.2) is 5.17 Å². The van der Waals surface area contributed by atoms with Gasteiger partial charge < -0.3 is 0 Å². The van der Waals surface area contributed by atoms with Crippen molar-refractivity contribution in [3.8, 4) is 0 Å². The Morgan fingerprint density at radius 1 is 1.60 bits per heavy atom. The predicted molar refractivity (Wildman–Crippen MR) is 54.1 cm³/mol. The fourth-order valence-corrected chi connectivity index (χ4v) is 1.65. The fourth-order valence-electron chi connectivity index (χ4n) is 0.928. The summed E-state index contributed by atoms with van der Waals surface area (Å²) >= 11 is 1.19. The number of nitrogens with one attached hydrogen (secondary N) is 1. The Balaban J connectivity index is 2.76. The van der Waals surface area contributed by atoms with E-state index in [1.54, 1.807) is 0 Å². The third kappa shape index (κ3) is 2.75. The van der Waals surface area contributed by atoms with E-state index in [1.807, 2.05) is 6.92 Å². The van der Waals surface area contributed by atoms with Crippen molar-refractivity contribution >= 4 is 28.7 Å². The summed E-state index contributed by atoms with van der Waals surface area (Å²) in [5.74, 6) is -1.24. The van der Waals surface area contributed by atoms with E-state index in [2.05, 4.69) is 10.3 Å². The lowest BCUT2D eigenvalue weighted by molar-refractivity contribution is -0.493. The predicted octanol–water partition coefficient (Wildman–Crippen LogP) is -0.213. The van der Waals surface area contributed by atoms with Crippen LogP contribution >= 0.6 is 11.8 Å². The zero-order valence-corrected chi connectivity index (χ0v) is 8.74. The number of amides is 2. The summed E-state index contributed by atoms with van der Waals surface area (Å²) in [7, 11) is 0. The van der Waals surface area contributed by atoms with Crippen LogP contribution in [0.2, 0.25) is 0 Å². The number of aliphatic imine (C=N–C) groups is 1. The minimum Gasteiger partial charge on any atom is -0.299 e. The second-order valence-electron chi connectivity index (χ2n) is 2.78. The van der Waals surface area contributed by atoms with Gasteiger partial charge in [0.05, 0.1) is 0 Å². The summed E-state index contributed by atoms with van der Waals surface area (Å²) < 4.78 is 0. The average molecular weight is 231 g/mol. The van der Waals surface area contributed by atoms with E-state index >= 15 is 0 Å². The van der Waals surface area contributed by atoms with Crippen LogP contribution in [0.4, 0.5) is 0 Å². The fraction of sp³-hybridized carbons (Fsp3) is 0.571. The standard InChI is InChI=1S/C7H9N3O4S/c1-2-3-15-7-8-5(11)4(10(13)14)6(12)9-7/h4H,2-3H2,1H3,(H,8,9,11,12). The number of hydrogen-bond donors (Lipinski definition) is 1. The zero-order valence-electron chi connectivity index (χ0n) is 7.93. The van der Waals surface area contributed by atoms with Crippen molar-refractivity contribution in [2.75, 3.05) is 5.75 Å². The van der Waals surface area contributed by atoms with E-state index in [0.29, 0.717) is 5.75 Å². The van der Waals surface area contributed by atoms with Gasteiger partial charge in [-0.3, -0.25) is 25.0 Å². The Morgan fingerprint density at radius 3 is 2.73 bits per heavy atom. The third-order valence-corrected chi connectivity index (χ3v) is 2.66. The number of hydrogen-bond acceptors (Lipinski definition) is 5. The summed E-state index contributed by atoms with van der Waals surface area (Å²) in [5, 5.41) is 12.7. The van der Waals surface area contributed by atoms with Crippen molar-refractivity contribution in [2.24, 2.45) is 4.99 Å². The molecule has 82 valence electrons. The molecular weight excluding hydrogens is 222 g/mol.